The average Bonchev–Trinajstić information content (AvgIpc) is 2.40. The van der Waals surface area contributed by atoms with Crippen molar-refractivity contribution in [1.82, 2.24) is 10.2 Å². The second-order valence-corrected chi connectivity index (χ2v) is 5.72. The van der Waals surface area contributed by atoms with Crippen LogP contribution in [0.15, 0.2) is 35.2 Å². The van der Waals surface area contributed by atoms with Gasteiger partial charge < -0.3 is 10.2 Å². The van der Waals surface area contributed by atoms with E-state index in [9.17, 15) is 4.79 Å². The molecule has 0 aliphatic carbocycles. The number of halogens is 1. The topological polar surface area (TPSA) is 32.3 Å². The summed E-state index contributed by atoms with van der Waals surface area (Å²) < 4.78 is 0. The Morgan fingerprint density at radius 3 is 2.74 bits per heavy atom. The van der Waals surface area contributed by atoms with Crippen LogP contribution >= 0.6 is 24.2 Å². The van der Waals surface area contributed by atoms with E-state index in [-0.39, 0.29) is 24.4 Å². The molecule has 1 N–H and O–H groups in total. The summed E-state index contributed by atoms with van der Waals surface area (Å²) >= 11 is 1.61. The molecule has 1 aromatic rings. The number of carbonyl (C=O) groups excluding carboxylic acids is 1. The highest BCUT2D eigenvalue weighted by Crippen LogP contribution is 2.19. The highest BCUT2D eigenvalue weighted by Gasteiger charge is 2.27. The van der Waals surface area contributed by atoms with Crippen LogP contribution in [-0.4, -0.2) is 41.7 Å². The van der Waals surface area contributed by atoms with Gasteiger partial charge in [0.05, 0.1) is 5.75 Å². The molecule has 1 aliphatic heterocycles. The molecular formula is C14H21ClN2OS. The van der Waals surface area contributed by atoms with Crippen LogP contribution in [0.1, 0.15) is 13.8 Å². The summed E-state index contributed by atoms with van der Waals surface area (Å²) in [7, 11) is 0. The van der Waals surface area contributed by atoms with Crippen LogP contribution in [0, 0.1) is 0 Å². The minimum absolute atomic E-state index is 0. The van der Waals surface area contributed by atoms with Crippen molar-refractivity contribution in [3.8, 4) is 0 Å². The van der Waals surface area contributed by atoms with Crippen LogP contribution in [0.3, 0.4) is 0 Å². The smallest absolute Gasteiger partial charge is 0.233 e. The monoisotopic (exact) mass is 300 g/mol. The molecule has 0 spiro atoms. The summed E-state index contributed by atoms with van der Waals surface area (Å²) in [5.41, 5.74) is 0. The third-order valence-electron chi connectivity index (χ3n) is 3.46. The summed E-state index contributed by atoms with van der Waals surface area (Å²) in [5, 5.41) is 3.39. The van der Waals surface area contributed by atoms with Crippen molar-refractivity contribution in [2.75, 3.05) is 18.8 Å². The van der Waals surface area contributed by atoms with Gasteiger partial charge in [-0.05, 0) is 26.0 Å². The molecule has 1 amide bonds. The van der Waals surface area contributed by atoms with E-state index in [0.29, 0.717) is 11.8 Å². The number of carbonyl (C=O) groups is 1. The van der Waals surface area contributed by atoms with Crippen molar-refractivity contribution in [3.05, 3.63) is 30.3 Å². The van der Waals surface area contributed by atoms with Crippen LogP contribution < -0.4 is 5.32 Å². The Morgan fingerprint density at radius 2 is 2.05 bits per heavy atom. The first-order valence-corrected chi connectivity index (χ1v) is 7.38. The largest absolute Gasteiger partial charge is 0.336 e. The molecule has 1 fully saturated rings. The summed E-state index contributed by atoms with van der Waals surface area (Å²) in [5.74, 6) is 0.769. The molecule has 0 bridgehead atoms. The van der Waals surface area contributed by atoms with Gasteiger partial charge in [-0.3, -0.25) is 4.79 Å². The maximum atomic E-state index is 12.2. The first-order chi connectivity index (χ1) is 8.68. The van der Waals surface area contributed by atoms with Gasteiger partial charge in [0.25, 0.3) is 0 Å². The predicted octanol–water partition coefficient (Wildman–Crippen LogP) is 2.41. The van der Waals surface area contributed by atoms with Crippen molar-refractivity contribution >= 4 is 30.1 Å². The Hall–Kier alpha value is -0.710. The van der Waals surface area contributed by atoms with Crippen molar-refractivity contribution in [2.45, 2.75) is 30.8 Å². The first-order valence-electron chi connectivity index (χ1n) is 6.39. The lowest BCUT2D eigenvalue weighted by Gasteiger charge is -2.38. The molecule has 5 heteroatoms. The second-order valence-electron chi connectivity index (χ2n) is 4.67. The van der Waals surface area contributed by atoms with Crippen molar-refractivity contribution in [2.24, 2.45) is 0 Å². The number of rotatable bonds is 3. The summed E-state index contributed by atoms with van der Waals surface area (Å²) in [6, 6.07) is 10.7. The number of benzene rings is 1. The van der Waals surface area contributed by atoms with E-state index < -0.39 is 0 Å². The van der Waals surface area contributed by atoms with E-state index in [4.69, 9.17) is 0 Å². The van der Waals surface area contributed by atoms with Crippen molar-refractivity contribution in [1.29, 1.82) is 0 Å². The number of nitrogens with zero attached hydrogens (tertiary/aromatic N) is 1. The molecule has 1 aromatic carbocycles. The molecule has 0 radical (unpaired) electrons. The van der Waals surface area contributed by atoms with Crippen LogP contribution in [0.5, 0.6) is 0 Å². The Balaban J connectivity index is 0.00000180. The van der Waals surface area contributed by atoms with Gasteiger partial charge in [0.2, 0.25) is 5.91 Å². The van der Waals surface area contributed by atoms with Crippen LogP contribution in [0.2, 0.25) is 0 Å². The molecular weight excluding hydrogens is 280 g/mol. The third kappa shape index (κ3) is 4.41. The zero-order valence-electron chi connectivity index (χ0n) is 11.3. The van der Waals surface area contributed by atoms with Crippen molar-refractivity contribution < 1.29 is 4.79 Å². The summed E-state index contributed by atoms with van der Waals surface area (Å²) in [4.78, 5) is 15.4. The lowest BCUT2D eigenvalue weighted by atomic mass is 10.1. The Bertz CT molecular complexity index is 402. The Kier molecular flexibility index (Phi) is 6.69. The SMILES string of the molecule is CC1NCCN(C(=O)CSc2ccccc2)C1C.Cl. The highest BCUT2D eigenvalue weighted by atomic mass is 35.5. The molecule has 106 valence electrons. The van der Waals surface area contributed by atoms with E-state index in [1.165, 1.54) is 0 Å². The van der Waals surface area contributed by atoms with E-state index in [0.717, 1.165) is 18.0 Å². The minimum Gasteiger partial charge on any atom is -0.336 e. The molecule has 2 atom stereocenters. The Morgan fingerprint density at radius 1 is 1.37 bits per heavy atom. The van der Waals surface area contributed by atoms with Gasteiger partial charge >= 0.3 is 0 Å². The normalized spacial score (nSPS) is 22.7. The van der Waals surface area contributed by atoms with E-state index in [1.54, 1.807) is 11.8 Å². The fourth-order valence-corrected chi connectivity index (χ4v) is 2.96. The molecule has 1 aliphatic rings. The van der Waals surface area contributed by atoms with Gasteiger partial charge in [0.15, 0.2) is 0 Å². The number of piperazine rings is 1. The van der Waals surface area contributed by atoms with Crippen LogP contribution in [0.25, 0.3) is 0 Å². The standard InChI is InChI=1S/C14H20N2OS.ClH/c1-11-12(2)16(9-8-15-11)14(17)10-18-13-6-4-3-5-7-13;/h3-7,11-12,15H,8-10H2,1-2H3;1H. The van der Waals surface area contributed by atoms with Gasteiger partial charge in [-0.15, -0.1) is 24.2 Å². The van der Waals surface area contributed by atoms with Crippen LogP contribution in [0.4, 0.5) is 0 Å². The molecule has 1 heterocycles. The van der Waals surface area contributed by atoms with E-state index in [2.05, 4.69) is 19.2 Å². The number of hydrogen-bond donors (Lipinski definition) is 1. The maximum Gasteiger partial charge on any atom is 0.233 e. The molecule has 2 unspecified atom stereocenters. The zero-order chi connectivity index (χ0) is 13.0. The molecule has 0 saturated carbocycles. The van der Waals surface area contributed by atoms with E-state index in [1.807, 2.05) is 35.2 Å². The quantitative estimate of drug-likeness (QED) is 0.870. The Labute approximate surface area is 125 Å². The molecule has 0 aromatic heterocycles. The average molecular weight is 301 g/mol. The fourth-order valence-electron chi connectivity index (χ4n) is 2.15. The van der Waals surface area contributed by atoms with Crippen molar-refractivity contribution in [3.63, 3.8) is 0 Å². The summed E-state index contributed by atoms with van der Waals surface area (Å²) in [6.45, 7) is 5.96. The van der Waals surface area contributed by atoms with Gasteiger partial charge in [0, 0.05) is 30.1 Å². The molecule has 3 nitrogen and oxygen atoms in total. The maximum absolute atomic E-state index is 12.2. The van der Waals surface area contributed by atoms with E-state index >= 15 is 0 Å². The molecule has 19 heavy (non-hydrogen) atoms. The molecule has 2 rings (SSSR count). The second kappa shape index (κ2) is 7.78. The third-order valence-corrected chi connectivity index (χ3v) is 4.46. The van der Waals surface area contributed by atoms with Gasteiger partial charge in [-0.1, -0.05) is 18.2 Å². The molecule has 1 saturated heterocycles. The number of amides is 1. The number of thioether (sulfide) groups is 1. The fraction of sp³-hybridized carbons (Fsp3) is 0.500. The lowest BCUT2D eigenvalue weighted by Crippen LogP contribution is -2.57. The number of nitrogens with one attached hydrogen (secondary N) is 1. The zero-order valence-corrected chi connectivity index (χ0v) is 13.0. The first kappa shape index (κ1) is 16.3. The summed E-state index contributed by atoms with van der Waals surface area (Å²) in [6.07, 6.45) is 0. The van der Waals surface area contributed by atoms with Crippen LogP contribution in [-0.2, 0) is 4.79 Å². The highest BCUT2D eigenvalue weighted by molar-refractivity contribution is 8.00. The van der Waals surface area contributed by atoms with Gasteiger partial charge in [-0.25, -0.2) is 0 Å². The predicted molar refractivity (Wildman–Crippen MR) is 83.1 cm³/mol. The minimum atomic E-state index is 0. The lowest BCUT2D eigenvalue weighted by molar-refractivity contribution is -0.131. The number of hydrogen-bond acceptors (Lipinski definition) is 3. The van der Waals surface area contributed by atoms with Gasteiger partial charge in [-0.2, -0.15) is 0 Å². The van der Waals surface area contributed by atoms with Gasteiger partial charge in [0.1, 0.15) is 0 Å².